The minimum Gasteiger partial charge on any atom is -0.402 e. The molecule has 0 bridgehead atoms. The second-order valence-electron chi connectivity index (χ2n) is 4.14. The number of carbonyl (C=O) groups is 1. The van der Waals surface area contributed by atoms with Crippen LogP contribution < -0.4 is 5.32 Å². The van der Waals surface area contributed by atoms with Gasteiger partial charge in [0.05, 0.1) is 4.88 Å². The molecule has 102 valence electrons. The van der Waals surface area contributed by atoms with Crippen LogP contribution in [-0.2, 0) is 7.05 Å². The van der Waals surface area contributed by atoms with Gasteiger partial charge in [-0.05, 0) is 24.4 Å². The molecular formula is C12H11N5O2S. The van der Waals surface area contributed by atoms with Crippen molar-refractivity contribution in [1.29, 1.82) is 0 Å². The standard InChI is InChI=1S/C12H11N5O2S/c1-7-6-8(16-17(7)2)10(18)13-12-15-14-11(19-12)9-4-3-5-20-9/h3-6H,1-2H3,(H,13,15,18). The Balaban J connectivity index is 1.76. The zero-order chi connectivity index (χ0) is 14.1. The van der Waals surface area contributed by atoms with Crippen LogP contribution in [0.1, 0.15) is 16.2 Å². The minimum absolute atomic E-state index is 0.0571. The Morgan fingerprint density at radius 3 is 2.95 bits per heavy atom. The third kappa shape index (κ3) is 2.32. The SMILES string of the molecule is Cc1cc(C(=O)Nc2nnc(-c3cccs3)o2)nn1C. The lowest BCUT2D eigenvalue weighted by atomic mass is 10.3. The molecule has 0 aromatic carbocycles. The lowest BCUT2D eigenvalue weighted by molar-refractivity contribution is 0.101. The van der Waals surface area contributed by atoms with Crippen molar-refractivity contribution in [2.45, 2.75) is 6.92 Å². The van der Waals surface area contributed by atoms with Gasteiger partial charge >= 0.3 is 6.01 Å². The number of hydrogen-bond acceptors (Lipinski definition) is 6. The summed E-state index contributed by atoms with van der Waals surface area (Å²) in [6.07, 6.45) is 0. The first-order valence-corrected chi connectivity index (χ1v) is 6.71. The van der Waals surface area contributed by atoms with Crippen molar-refractivity contribution in [3.05, 3.63) is 35.0 Å². The topological polar surface area (TPSA) is 85.8 Å². The molecule has 3 rings (SSSR count). The van der Waals surface area contributed by atoms with E-state index in [2.05, 4.69) is 20.6 Å². The molecule has 0 saturated heterocycles. The molecule has 3 aromatic heterocycles. The summed E-state index contributed by atoms with van der Waals surface area (Å²) < 4.78 is 7.00. The van der Waals surface area contributed by atoms with E-state index in [1.165, 1.54) is 11.3 Å². The maximum absolute atomic E-state index is 12.0. The number of aryl methyl sites for hydroxylation is 2. The highest BCUT2D eigenvalue weighted by Gasteiger charge is 2.15. The molecule has 8 heteroatoms. The molecule has 0 fully saturated rings. The summed E-state index contributed by atoms with van der Waals surface area (Å²) in [5.74, 6) is 0.00239. The quantitative estimate of drug-likeness (QED) is 0.798. The zero-order valence-electron chi connectivity index (χ0n) is 10.8. The van der Waals surface area contributed by atoms with Crippen LogP contribution in [0.5, 0.6) is 0 Å². The average Bonchev–Trinajstić information content (AvgIpc) is 3.11. The van der Waals surface area contributed by atoms with Gasteiger partial charge in [-0.1, -0.05) is 11.2 Å². The molecule has 0 unspecified atom stereocenters. The number of thiophene rings is 1. The summed E-state index contributed by atoms with van der Waals surface area (Å²) in [4.78, 5) is 12.8. The summed E-state index contributed by atoms with van der Waals surface area (Å²) >= 11 is 1.49. The number of anilines is 1. The van der Waals surface area contributed by atoms with Gasteiger partial charge in [0.2, 0.25) is 0 Å². The number of carbonyl (C=O) groups excluding carboxylic acids is 1. The number of hydrogen-bond donors (Lipinski definition) is 1. The number of aromatic nitrogens is 4. The Bertz CT molecular complexity index is 724. The summed E-state index contributed by atoms with van der Waals surface area (Å²) in [5, 5.41) is 16.2. The first kappa shape index (κ1) is 12.5. The molecule has 7 nitrogen and oxygen atoms in total. The fraction of sp³-hybridized carbons (Fsp3) is 0.167. The molecule has 1 N–H and O–H groups in total. The van der Waals surface area contributed by atoms with Crippen molar-refractivity contribution < 1.29 is 9.21 Å². The first-order valence-electron chi connectivity index (χ1n) is 5.83. The monoisotopic (exact) mass is 289 g/mol. The summed E-state index contributed by atoms with van der Waals surface area (Å²) in [6.45, 7) is 1.87. The van der Waals surface area contributed by atoms with Crippen molar-refractivity contribution in [3.63, 3.8) is 0 Å². The third-order valence-corrected chi connectivity index (χ3v) is 3.58. The predicted octanol–water partition coefficient (Wildman–Crippen LogP) is 2.09. The molecular weight excluding hydrogens is 278 g/mol. The lowest BCUT2D eigenvalue weighted by Gasteiger charge is -1.95. The molecule has 3 heterocycles. The van der Waals surface area contributed by atoms with Gasteiger partial charge < -0.3 is 4.42 Å². The molecule has 0 aliphatic heterocycles. The first-order chi connectivity index (χ1) is 9.63. The average molecular weight is 289 g/mol. The largest absolute Gasteiger partial charge is 0.402 e. The zero-order valence-corrected chi connectivity index (χ0v) is 11.6. The maximum Gasteiger partial charge on any atom is 0.322 e. The van der Waals surface area contributed by atoms with Crippen molar-refractivity contribution in [1.82, 2.24) is 20.0 Å². The third-order valence-electron chi connectivity index (χ3n) is 2.72. The van der Waals surface area contributed by atoms with Crippen LogP contribution in [0.15, 0.2) is 28.0 Å². The van der Waals surface area contributed by atoms with Crippen LogP contribution in [0.2, 0.25) is 0 Å². The van der Waals surface area contributed by atoms with Gasteiger partial charge in [-0.15, -0.1) is 16.4 Å². The van der Waals surface area contributed by atoms with Crippen molar-refractivity contribution in [2.75, 3.05) is 5.32 Å². The molecule has 0 aliphatic carbocycles. The summed E-state index contributed by atoms with van der Waals surface area (Å²) in [5.41, 5.74) is 1.20. The molecule has 0 aliphatic rings. The second-order valence-corrected chi connectivity index (χ2v) is 5.09. The second kappa shape index (κ2) is 4.89. The van der Waals surface area contributed by atoms with E-state index in [0.717, 1.165) is 10.6 Å². The summed E-state index contributed by atoms with van der Waals surface area (Å²) in [7, 11) is 1.77. The van der Waals surface area contributed by atoms with Crippen molar-refractivity contribution in [2.24, 2.45) is 7.05 Å². The Morgan fingerprint density at radius 1 is 1.45 bits per heavy atom. The number of nitrogens with zero attached hydrogens (tertiary/aromatic N) is 4. The molecule has 0 radical (unpaired) electrons. The molecule has 0 atom stereocenters. The highest BCUT2D eigenvalue weighted by molar-refractivity contribution is 7.13. The van der Waals surface area contributed by atoms with E-state index in [4.69, 9.17) is 4.42 Å². The van der Waals surface area contributed by atoms with Gasteiger partial charge in [-0.25, -0.2) is 0 Å². The van der Waals surface area contributed by atoms with E-state index < -0.39 is 0 Å². The van der Waals surface area contributed by atoms with E-state index in [-0.39, 0.29) is 11.9 Å². The number of nitrogens with one attached hydrogen (secondary N) is 1. The molecule has 0 spiro atoms. The van der Waals surface area contributed by atoms with Gasteiger partial charge in [-0.2, -0.15) is 5.10 Å². The number of amides is 1. The van der Waals surface area contributed by atoms with E-state index >= 15 is 0 Å². The van der Waals surface area contributed by atoms with E-state index in [9.17, 15) is 4.79 Å². The highest BCUT2D eigenvalue weighted by Crippen LogP contribution is 2.24. The highest BCUT2D eigenvalue weighted by atomic mass is 32.1. The maximum atomic E-state index is 12.0. The summed E-state index contributed by atoms with van der Waals surface area (Å²) in [6, 6.07) is 5.50. The Morgan fingerprint density at radius 2 is 2.30 bits per heavy atom. The molecule has 3 aromatic rings. The van der Waals surface area contributed by atoms with Crippen LogP contribution in [-0.4, -0.2) is 25.9 Å². The number of rotatable bonds is 3. The van der Waals surface area contributed by atoms with E-state index in [1.54, 1.807) is 17.8 Å². The Hall–Kier alpha value is -2.48. The fourth-order valence-corrected chi connectivity index (χ4v) is 2.25. The van der Waals surface area contributed by atoms with Crippen LogP contribution >= 0.6 is 11.3 Å². The van der Waals surface area contributed by atoms with E-state index in [0.29, 0.717) is 11.6 Å². The van der Waals surface area contributed by atoms with Crippen LogP contribution in [0.3, 0.4) is 0 Å². The normalized spacial score (nSPS) is 10.7. The van der Waals surface area contributed by atoms with Gasteiger partial charge in [0.15, 0.2) is 5.69 Å². The molecule has 1 amide bonds. The molecule has 0 saturated carbocycles. The minimum atomic E-state index is -0.380. The smallest absolute Gasteiger partial charge is 0.322 e. The predicted molar refractivity (Wildman–Crippen MR) is 73.5 cm³/mol. The van der Waals surface area contributed by atoms with E-state index in [1.807, 2.05) is 24.4 Å². The van der Waals surface area contributed by atoms with Crippen molar-refractivity contribution >= 4 is 23.3 Å². The van der Waals surface area contributed by atoms with Gasteiger partial charge in [0.1, 0.15) is 0 Å². The van der Waals surface area contributed by atoms with Gasteiger partial charge in [0, 0.05) is 12.7 Å². The molecule has 20 heavy (non-hydrogen) atoms. The fourth-order valence-electron chi connectivity index (χ4n) is 1.61. The van der Waals surface area contributed by atoms with Gasteiger partial charge in [-0.3, -0.25) is 14.8 Å². The van der Waals surface area contributed by atoms with Crippen molar-refractivity contribution in [3.8, 4) is 10.8 Å². The van der Waals surface area contributed by atoms with Gasteiger partial charge in [0.25, 0.3) is 11.8 Å². The van der Waals surface area contributed by atoms with Crippen LogP contribution in [0, 0.1) is 6.92 Å². The lowest BCUT2D eigenvalue weighted by Crippen LogP contribution is -2.13. The Labute approximate surface area is 118 Å². The Kier molecular flexibility index (Phi) is 3.07. The van der Waals surface area contributed by atoms with Crippen LogP contribution in [0.4, 0.5) is 6.01 Å². The van der Waals surface area contributed by atoms with Crippen LogP contribution in [0.25, 0.3) is 10.8 Å².